The number of fused-ring (bicyclic) bond motifs is 1. The van der Waals surface area contributed by atoms with Crippen LogP contribution in [0.25, 0.3) is 0 Å². The predicted molar refractivity (Wildman–Crippen MR) is 64.2 cm³/mol. The molecule has 1 aliphatic heterocycles. The highest BCUT2D eigenvalue weighted by molar-refractivity contribution is 5.96. The Bertz CT molecular complexity index is 408. The number of amides is 1. The quantitative estimate of drug-likeness (QED) is 0.830. The summed E-state index contributed by atoms with van der Waals surface area (Å²) in [4.78, 5) is 17.9. The summed E-state index contributed by atoms with van der Waals surface area (Å²) in [5, 5.41) is 3.08. The first-order valence-electron chi connectivity index (χ1n) is 5.74. The third-order valence-corrected chi connectivity index (χ3v) is 2.82. The van der Waals surface area contributed by atoms with Crippen molar-refractivity contribution in [1.29, 1.82) is 0 Å². The number of carbonyl (C=O) groups excluding carboxylic acids is 1. The van der Waals surface area contributed by atoms with Gasteiger partial charge in [-0.1, -0.05) is 0 Å². The molecule has 0 bridgehead atoms. The minimum Gasteiger partial charge on any atom is -0.472 e. The summed E-state index contributed by atoms with van der Waals surface area (Å²) < 4.78 is 5.79. The average Bonchev–Trinajstić information content (AvgIpc) is 2.46. The normalized spacial score (nSPS) is 19.5. The van der Waals surface area contributed by atoms with Crippen LogP contribution >= 0.6 is 0 Å². The molecule has 0 saturated carbocycles. The van der Waals surface area contributed by atoms with E-state index in [1.807, 2.05) is 7.05 Å². The summed E-state index contributed by atoms with van der Waals surface area (Å²) in [5.74, 6) is 0.419. The van der Waals surface area contributed by atoms with Crippen molar-refractivity contribution in [3.63, 3.8) is 0 Å². The summed E-state index contributed by atoms with van der Waals surface area (Å²) >= 11 is 0. The molecule has 1 aromatic rings. The molecule has 1 amide bonds. The molecule has 5 heteroatoms. The summed E-state index contributed by atoms with van der Waals surface area (Å²) in [6.45, 7) is 1.45. The Hall–Kier alpha value is -1.62. The van der Waals surface area contributed by atoms with Gasteiger partial charge in [0.15, 0.2) is 0 Å². The van der Waals surface area contributed by atoms with Crippen LogP contribution in [0.5, 0.6) is 5.88 Å². The standard InChI is InChI=1S/C12H17N3O2/c1-13-7-5-9-8-15(2)12(16)10-4-3-6-14-11(10)17-9/h3-4,6,9,13H,5,7-8H2,1-2H3. The molecule has 5 nitrogen and oxygen atoms in total. The smallest absolute Gasteiger partial charge is 0.259 e. The van der Waals surface area contributed by atoms with Gasteiger partial charge in [0.2, 0.25) is 5.88 Å². The van der Waals surface area contributed by atoms with Crippen LogP contribution in [0.15, 0.2) is 18.3 Å². The van der Waals surface area contributed by atoms with E-state index in [0.717, 1.165) is 13.0 Å². The number of nitrogens with one attached hydrogen (secondary N) is 1. The van der Waals surface area contributed by atoms with Crippen molar-refractivity contribution in [3.05, 3.63) is 23.9 Å². The minimum atomic E-state index is -0.0277. The maximum absolute atomic E-state index is 12.0. The third kappa shape index (κ3) is 2.55. The van der Waals surface area contributed by atoms with Crippen molar-refractivity contribution in [3.8, 4) is 5.88 Å². The number of pyridine rings is 1. The fourth-order valence-corrected chi connectivity index (χ4v) is 1.89. The van der Waals surface area contributed by atoms with E-state index in [1.54, 1.807) is 30.3 Å². The van der Waals surface area contributed by atoms with Gasteiger partial charge in [-0.25, -0.2) is 4.98 Å². The molecule has 1 N–H and O–H groups in total. The van der Waals surface area contributed by atoms with Gasteiger partial charge >= 0.3 is 0 Å². The first-order chi connectivity index (χ1) is 8.22. The number of carbonyl (C=O) groups is 1. The summed E-state index contributed by atoms with van der Waals surface area (Å²) in [6, 6.07) is 3.50. The first-order valence-corrected chi connectivity index (χ1v) is 5.74. The number of likely N-dealkylation sites (N-methyl/N-ethyl adjacent to an activating group) is 1. The van der Waals surface area contributed by atoms with Gasteiger partial charge in [0, 0.05) is 13.2 Å². The molecule has 1 unspecified atom stereocenters. The van der Waals surface area contributed by atoms with Crippen LogP contribution in [0.1, 0.15) is 16.8 Å². The van der Waals surface area contributed by atoms with Gasteiger partial charge in [0.25, 0.3) is 5.91 Å². The zero-order chi connectivity index (χ0) is 12.3. The topological polar surface area (TPSA) is 54.5 Å². The lowest BCUT2D eigenvalue weighted by molar-refractivity contribution is 0.0755. The van der Waals surface area contributed by atoms with Gasteiger partial charge in [-0.2, -0.15) is 0 Å². The molecule has 2 rings (SSSR count). The molecule has 0 fully saturated rings. The molecular weight excluding hydrogens is 218 g/mol. The number of aromatic nitrogens is 1. The average molecular weight is 235 g/mol. The van der Waals surface area contributed by atoms with E-state index in [9.17, 15) is 4.79 Å². The highest BCUT2D eigenvalue weighted by atomic mass is 16.5. The molecular formula is C12H17N3O2. The highest BCUT2D eigenvalue weighted by Crippen LogP contribution is 2.22. The molecule has 0 saturated heterocycles. The van der Waals surface area contributed by atoms with Crippen molar-refractivity contribution in [2.45, 2.75) is 12.5 Å². The van der Waals surface area contributed by atoms with Crippen LogP contribution in [-0.4, -0.2) is 49.1 Å². The Morgan fingerprint density at radius 2 is 2.47 bits per heavy atom. The van der Waals surface area contributed by atoms with E-state index < -0.39 is 0 Å². The van der Waals surface area contributed by atoms with Crippen LogP contribution in [-0.2, 0) is 0 Å². The Balaban J connectivity index is 2.22. The zero-order valence-electron chi connectivity index (χ0n) is 10.1. The van der Waals surface area contributed by atoms with Crippen LogP contribution < -0.4 is 10.1 Å². The van der Waals surface area contributed by atoms with Crippen molar-refractivity contribution >= 4 is 5.91 Å². The van der Waals surface area contributed by atoms with Crippen LogP contribution in [0.4, 0.5) is 0 Å². The lowest BCUT2D eigenvalue weighted by Gasteiger charge is -2.19. The predicted octanol–water partition coefficient (Wildman–Crippen LogP) is 0.524. The molecule has 92 valence electrons. The molecule has 0 radical (unpaired) electrons. The third-order valence-electron chi connectivity index (χ3n) is 2.82. The van der Waals surface area contributed by atoms with Crippen molar-refractivity contribution in [2.75, 3.05) is 27.2 Å². The fourth-order valence-electron chi connectivity index (χ4n) is 1.89. The maximum Gasteiger partial charge on any atom is 0.259 e. The van der Waals surface area contributed by atoms with E-state index in [4.69, 9.17) is 4.74 Å². The van der Waals surface area contributed by atoms with E-state index in [-0.39, 0.29) is 12.0 Å². The number of rotatable bonds is 3. The van der Waals surface area contributed by atoms with E-state index >= 15 is 0 Å². The Labute approximate surface area is 101 Å². The molecule has 0 aliphatic carbocycles. The van der Waals surface area contributed by atoms with E-state index in [1.165, 1.54) is 0 Å². The second-order valence-electron chi connectivity index (χ2n) is 4.17. The fraction of sp³-hybridized carbons (Fsp3) is 0.500. The first kappa shape index (κ1) is 11.9. The SMILES string of the molecule is CNCCC1CN(C)C(=O)c2cccnc2O1. The number of hydrogen-bond acceptors (Lipinski definition) is 4. The van der Waals surface area contributed by atoms with Gasteiger partial charge in [-0.3, -0.25) is 4.79 Å². The number of nitrogens with zero attached hydrogens (tertiary/aromatic N) is 2. The summed E-state index contributed by atoms with van der Waals surface area (Å²) in [7, 11) is 3.69. The summed E-state index contributed by atoms with van der Waals surface area (Å²) in [5.41, 5.74) is 0.543. The number of ether oxygens (including phenoxy) is 1. The molecule has 1 atom stereocenters. The molecule has 17 heavy (non-hydrogen) atoms. The zero-order valence-corrected chi connectivity index (χ0v) is 10.1. The summed E-state index contributed by atoms with van der Waals surface area (Å²) in [6.07, 6.45) is 2.49. The Morgan fingerprint density at radius 3 is 3.24 bits per heavy atom. The minimum absolute atomic E-state index is 0.00690. The maximum atomic E-state index is 12.0. The lowest BCUT2D eigenvalue weighted by atomic mass is 10.2. The molecule has 1 aromatic heterocycles. The molecule has 0 spiro atoms. The molecule has 1 aliphatic rings. The van der Waals surface area contributed by atoms with Gasteiger partial charge in [-0.15, -0.1) is 0 Å². The second-order valence-corrected chi connectivity index (χ2v) is 4.17. The van der Waals surface area contributed by atoms with Crippen LogP contribution in [0, 0.1) is 0 Å². The van der Waals surface area contributed by atoms with Gasteiger partial charge in [-0.05, 0) is 32.1 Å². The lowest BCUT2D eigenvalue weighted by Crippen LogP contribution is -2.35. The van der Waals surface area contributed by atoms with Crippen molar-refractivity contribution in [2.24, 2.45) is 0 Å². The van der Waals surface area contributed by atoms with Gasteiger partial charge in [0.1, 0.15) is 11.7 Å². The van der Waals surface area contributed by atoms with Crippen molar-refractivity contribution in [1.82, 2.24) is 15.2 Å². The van der Waals surface area contributed by atoms with Gasteiger partial charge in [0.05, 0.1) is 6.54 Å². The Morgan fingerprint density at radius 1 is 1.65 bits per heavy atom. The van der Waals surface area contributed by atoms with Crippen molar-refractivity contribution < 1.29 is 9.53 Å². The van der Waals surface area contributed by atoms with Gasteiger partial charge < -0.3 is 15.0 Å². The highest BCUT2D eigenvalue weighted by Gasteiger charge is 2.26. The van der Waals surface area contributed by atoms with E-state index in [0.29, 0.717) is 18.0 Å². The monoisotopic (exact) mass is 235 g/mol. The van der Waals surface area contributed by atoms with E-state index in [2.05, 4.69) is 10.3 Å². The Kier molecular flexibility index (Phi) is 3.58. The largest absolute Gasteiger partial charge is 0.472 e. The molecule has 2 heterocycles. The second kappa shape index (κ2) is 5.14. The van der Waals surface area contributed by atoms with Crippen LogP contribution in [0.2, 0.25) is 0 Å². The van der Waals surface area contributed by atoms with Crippen LogP contribution in [0.3, 0.4) is 0 Å². The number of hydrogen-bond donors (Lipinski definition) is 1. The molecule has 0 aromatic carbocycles.